The molecule has 0 aliphatic carbocycles. The summed E-state index contributed by atoms with van der Waals surface area (Å²) < 4.78 is 0. The highest BCUT2D eigenvalue weighted by molar-refractivity contribution is 6.21. The summed E-state index contributed by atoms with van der Waals surface area (Å²) in [6.45, 7) is 8.76. The van der Waals surface area contributed by atoms with Crippen molar-refractivity contribution in [2.45, 2.75) is 57.1 Å². The van der Waals surface area contributed by atoms with Crippen LogP contribution in [-0.4, -0.2) is 52.3 Å². The van der Waals surface area contributed by atoms with Gasteiger partial charge in [-0.3, -0.25) is 10.2 Å². The highest BCUT2D eigenvalue weighted by Gasteiger charge is 2.40. The fourth-order valence-electron chi connectivity index (χ4n) is 2.97. The van der Waals surface area contributed by atoms with Gasteiger partial charge in [0.15, 0.2) is 0 Å². The highest BCUT2D eigenvalue weighted by atomic mass is 35.5. The number of carbonyl (C=O) groups is 1. The second-order valence-corrected chi connectivity index (χ2v) is 8.15. The van der Waals surface area contributed by atoms with Crippen molar-refractivity contribution < 1.29 is 9.90 Å². The third kappa shape index (κ3) is 4.48. The Hall–Kier alpha value is -1.14. The maximum absolute atomic E-state index is 12.4. The number of halogens is 1. The molecule has 0 spiro atoms. The molecular formula is C18H28ClN3O2. The van der Waals surface area contributed by atoms with E-state index in [0.717, 1.165) is 5.56 Å². The lowest BCUT2D eigenvalue weighted by Gasteiger charge is -2.31. The molecular weight excluding hydrogens is 326 g/mol. The number of amides is 1. The van der Waals surface area contributed by atoms with E-state index in [4.69, 9.17) is 11.6 Å². The first-order chi connectivity index (χ1) is 11.1. The van der Waals surface area contributed by atoms with Crippen LogP contribution in [-0.2, 0) is 16.6 Å². The van der Waals surface area contributed by atoms with Crippen molar-refractivity contribution in [3.05, 3.63) is 35.4 Å². The van der Waals surface area contributed by atoms with Crippen LogP contribution in [0.25, 0.3) is 0 Å². The molecule has 2 rings (SSSR count). The monoisotopic (exact) mass is 353 g/mol. The lowest BCUT2D eigenvalue weighted by Crippen LogP contribution is -2.55. The topological polar surface area (TPSA) is 55.8 Å². The quantitative estimate of drug-likeness (QED) is 0.814. The van der Waals surface area contributed by atoms with Gasteiger partial charge in [0.05, 0.1) is 23.9 Å². The Morgan fingerprint density at radius 3 is 2.46 bits per heavy atom. The summed E-state index contributed by atoms with van der Waals surface area (Å²) in [5.74, 6) is -0.123. The van der Waals surface area contributed by atoms with E-state index in [1.54, 1.807) is 12.0 Å². The summed E-state index contributed by atoms with van der Waals surface area (Å²) in [6, 6.07) is 7.79. The Morgan fingerprint density at radius 1 is 1.38 bits per heavy atom. The van der Waals surface area contributed by atoms with Crippen molar-refractivity contribution >= 4 is 17.5 Å². The highest BCUT2D eigenvalue weighted by Crippen LogP contribution is 2.24. The lowest BCUT2D eigenvalue weighted by molar-refractivity contribution is -0.137. The fourth-order valence-corrected chi connectivity index (χ4v) is 3.49. The third-order valence-corrected chi connectivity index (χ3v) is 4.77. The Bertz CT molecular complexity index is 569. The fraction of sp³-hybridized carbons (Fsp3) is 0.611. The van der Waals surface area contributed by atoms with Gasteiger partial charge in [0, 0.05) is 13.6 Å². The number of hydrogen-bond donors (Lipinski definition) is 2. The molecule has 6 heteroatoms. The molecule has 1 heterocycles. The first kappa shape index (κ1) is 19.2. The van der Waals surface area contributed by atoms with Crippen LogP contribution in [0.4, 0.5) is 0 Å². The predicted molar refractivity (Wildman–Crippen MR) is 96.6 cm³/mol. The van der Waals surface area contributed by atoms with Crippen molar-refractivity contribution in [3.63, 3.8) is 0 Å². The molecule has 3 unspecified atom stereocenters. The van der Waals surface area contributed by atoms with Gasteiger partial charge in [-0.05, 0) is 23.5 Å². The van der Waals surface area contributed by atoms with Crippen molar-refractivity contribution in [2.75, 3.05) is 13.6 Å². The van der Waals surface area contributed by atoms with E-state index in [0.29, 0.717) is 6.54 Å². The summed E-state index contributed by atoms with van der Waals surface area (Å²) in [5, 5.41) is 13.2. The molecule has 0 radical (unpaired) electrons. The molecule has 0 saturated carbocycles. The van der Waals surface area contributed by atoms with Gasteiger partial charge in [0.2, 0.25) is 5.91 Å². The minimum atomic E-state index is -0.635. The molecule has 1 saturated heterocycles. The summed E-state index contributed by atoms with van der Waals surface area (Å²) in [5.41, 5.74) is 5.15. The molecule has 24 heavy (non-hydrogen) atoms. The second-order valence-electron chi connectivity index (χ2n) is 7.59. The summed E-state index contributed by atoms with van der Waals surface area (Å²) in [4.78, 5) is 12.4. The zero-order chi connectivity index (χ0) is 18.1. The minimum Gasteiger partial charge on any atom is -0.392 e. The van der Waals surface area contributed by atoms with E-state index in [1.165, 1.54) is 5.56 Å². The number of carbonyl (C=O) groups excluding carboxylic acids is 1. The number of rotatable bonds is 4. The molecule has 1 amide bonds. The molecule has 0 aromatic heterocycles. The molecule has 2 N–H and O–H groups in total. The third-order valence-electron chi connectivity index (χ3n) is 4.38. The molecule has 5 nitrogen and oxygen atoms in total. The number of aliphatic hydroxyl groups is 1. The summed E-state index contributed by atoms with van der Waals surface area (Å²) in [7, 11) is 1.84. The molecule has 1 aliphatic heterocycles. The van der Waals surface area contributed by atoms with Gasteiger partial charge in [-0.1, -0.05) is 45.0 Å². The average Bonchev–Trinajstić information content (AvgIpc) is 2.72. The van der Waals surface area contributed by atoms with Crippen LogP contribution >= 0.6 is 11.6 Å². The SMILES string of the molecule is CC(O)C1C(Cl)CN(C)N1NC(=O)Cc1ccc(C(C)(C)C)cc1. The minimum absolute atomic E-state index is 0.0961. The number of alkyl halides is 1. The Balaban J connectivity index is 2.00. The first-order valence-corrected chi connectivity index (χ1v) is 8.74. The molecule has 1 aliphatic rings. The van der Waals surface area contributed by atoms with Crippen LogP contribution in [0.3, 0.4) is 0 Å². The first-order valence-electron chi connectivity index (χ1n) is 8.31. The van der Waals surface area contributed by atoms with Crippen LogP contribution in [0.15, 0.2) is 24.3 Å². The van der Waals surface area contributed by atoms with Crippen LogP contribution in [0, 0.1) is 0 Å². The molecule has 1 aromatic rings. The molecule has 1 aromatic carbocycles. The van der Waals surface area contributed by atoms with Gasteiger partial charge in [-0.15, -0.1) is 16.7 Å². The summed E-state index contributed by atoms with van der Waals surface area (Å²) in [6.07, 6.45) is -0.349. The molecule has 134 valence electrons. The van der Waals surface area contributed by atoms with Crippen LogP contribution < -0.4 is 5.43 Å². The number of nitrogens with zero attached hydrogens (tertiary/aromatic N) is 2. The second kappa shape index (κ2) is 7.40. The van der Waals surface area contributed by atoms with E-state index >= 15 is 0 Å². The van der Waals surface area contributed by atoms with Gasteiger partial charge >= 0.3 is 0 Å². The van der Waals surface area contributed by atoms with E-state index in [2.05, 4.69) is 38.3 Å². The van der Waals surface area contributed by atoms with E-state index < -0.39 is 6.10 Å². The van der Waals surface area contributed by atoms with Gasteiger partial charge < -0.3 is 5.11 Å². The number of hydrogen-bond acceptors (Lipinski definition) is 4. The number of benzene rings is 1. The van der Waals surface area contributed by atoms with Crippen LogP contribution in [0.5, 0.6) is 0 Å². The zero-order valence-electron chi connectivity index (χ0n) is 15.1. The normalized spacial score (nSPS) is 24.1. The van der Waals surface area contributed by atoms with Crippen molar-refractivity contribution in [2.24, 2.45) is 0 Å². The predicted octanol–water partition coefficient (Wildman–Crippen LogP) is 2.08. The Kier molecular flexibility index (Phi) is 5.91. The van der Waals surface area contributed by atoms with E-state index in [9.17, 15) is 9.90 Å². The molecule has 0 bridgehead atoms. The number of nitrogens with one attached hydrogen (secondary N) is 1. The van der Waals surface area contributed by atoms with Crippen molar-refractivity contribution in [1.29, 1.82) is 0 Å². The van der Waals surface area contributed by atoms with Crippen molar-refractivity contribution in [3.8, 4) is 0 Å². The molecule has 1 fully saturated rings. The van der Waals surface area contributed by atoms with Gasteiger partial charge in [0.25, 0.3) is 0 Å². The largest absolute Gasteiger partial charge is 0.392 e. The van der Waals surface area contributed by atoms with E-state index in [-0.39, 0.29) is 29.2 Å². The lowest BCUT2D eigenvalue weighted by atomic mass is 9.86. The van der Waals surface area contributed by atoms with Crippen molar-refractivity contribution in [1.82, 2.24) is 15.6 Å². The Morgan fingerprint density at radius 2 is 1.96 bits per heavy atom. The van der Waals surface area contributed by atoms with Gasteiger partial charge in [-0.25, -0.2) is 5.01 Å². The van der Waals surface area contributed by atoms with Gasteiger partial charge in [0.1, 0.15) is 0 Å². The maximum atomic E-state index is 12.4. The number of aliphatic hydroxyl groups excluding tert-OH is 1. The maximum Gasteiger partial charge on any atom is 0.239 e. The number of hydrazine groups is 2. The smallest absolute Gasteiger partial charge is 0.239 e. The van der Waals surface area contributed by atoms with Gasteiger partial charge in [-0.2, -0.15) is 0 Å². The zero-order valence-corrected chi connectivity index (χ0v) is 15.8. The summed E-state index contributed by atoms with van der Waals surface area (Å²) >= 11 is 6.27. The van der Waals surface area contributed by atoms with Crippen LogP contribution in [0.2, 0.25) is 0 Å². The Labute approximate surface area is 149 Å². The average molecular weight is 354 g/mol. The van der Waals surface area contributed by atoms with E-state index in [1.807, 2.05) is 24.2 Å². The van der Waals surface area contributed by atoms with Crippen LogP contribution in [0.1, 0.15) is 38.8 Å². The standard InChI is InChI=1S/C18H28ClN3O2/c1-12(23)17-15(19)11-21(5)22(17)20-16(24)10-13-6-8-14(9-7-13)18(2,3)4/h6-9,12,15,17,23H,10-11H2,1-5H3,(H,20,24). The molecule has 3 atom stereocenters.